The molecule has 0 unspecified atom stereocenters. The van der Waals surface area contributed by atoms with Crippen molar-refractivity contribution < 1.29 is 14.3 Å². The average molecular weight is 397 g/mol. The number of likely N-dealkylation sites (tertiary alicyclic amines) is 1. The molecule has 0 atom stereocenters. The minimum absolute atomic E-state index is 0.0228. The summed E-state index contributed by atoms with van der Waals surface area (Å²) in [5, 5.41) is 3.02. The van der Waals surface area contributed by atoms with Crippen molar-refractivity contribution in [1.82, 2.24) is 10.2 Å². The molecule has 156 valence electrons. The first-order chi connectivity index (χ1) is 13.9. The van der Waals surface area contributed by atoms with Crippen LogP contribution in [0.1, 0.15) is 43.4 Å². The smallest absolute Gasteiger partial charge is 0.317 e. The molecule has 0 radical (unpaired) electrons. The van der Waals surface area contributed by atoms with Crippen LogP contribution in [0.4, 0.5) is 4.79 Å². The number of nitrogens with zero attached hydrogens (tertiary/aromatic N) is 1. The number of carbonyl (C=O) groups excluding carboxylic acids is 1. The van der Waals surface area contributed by atoms with Crippen molar-refractivity contribution in [1.29, 1.82) is 0 Å². The lowest BCUT2D eigenvalue weighted by Gasteiger charge is -2.32. The monoisotopic (exact) mass is 396 g/mol. The second-order valence-electron chi connectivity index (χ2n) is 8.05. The van der Waals surface area contributed by atoms with Crippen molar-refractivity contribution in [2.24, 2.45) is 0 Å². The van der Waals surface area contributed by atoms with Crippen LogP contribution in [-0.4, -0.2) is 36.2 Å². The highest BCUT2D eigenvalue weighted by molar-refractivity contribution is 5.74. The van der Waals surface area contributed by atoms with Gasteiger partial charge in [-0.3, -0.25) is 0 Å². The van der Waals surface area contributed by atoms with Crippen LogP contribution in [0.25, 0.3) is 0 Å². The zero-order valence-corrected chi connectivity index (χ0v) is 17.9. The van der Waals surface area contributed by atoms with Crippen LogP contribution in [0, 0.1) is 13.8 Å². The molecule has 29 heavy (non-hydrogen) atoms. The predicted octanol–water partition coefficient (Wildman–Crippen LogP) is 4.84. The molecule has 1 saturated heterocycles. The lowest BCUT2D eigenvalue weighted by atomic mass is 10.1. The van der Waals surface area contributed by atoms with Crippen LogP contribution in [0.5, 0.6) is 11.5 Å². The quantitative estimate of drug-likeness (QED) is 0.760. The number of carbonyl (C=O) groups is 1. The zero-order valence-electron chi connectivity index (χ0n) is 17.9. The summed E-state index contributed by atoms with van der Waals surface area (Å²) in [6, 6.07) is 14.1. The molecule has 1 heterocycles. The fourth-order valence-electron chi connectivity index (χ4n) is 3.48. The summed E-state index contributed by atoms with van der Waals surface area (Å²) in [5.41, 5.74) is 3.38. The van der Waals surface area contributed by atoms with E-state index < -0.39 is 0 Å². The molecule has 1 fully saturated rings. The number of hydrogen-bond acceptors (Lipinski definition) is 3. The third-order valence-corrected chi connectivity index (χ3v) is 5.08. The van der Waals surface area contributed by atoms with Crippen LogP contribution < -0.4 is 14.8 Å². The van der Waals surface area contributed by atoms with E-state index in [0.29, 0.717) is 19.6 Å². The molecule has 1 aliphatic rings. The highest BCUT2D eigenvalue weighted by atomic mass is 16.5. The van der Waals surface area contributed by atoms with Crippen LogP contribution in [-0.2, 0) is 6.54 Å². The molecule has 2 aromatic carbocycles. The summed E-state index contributed by atoms with van der Waals surface area (Å²) < 4.78 is 11.9. The van der Waals surface area contributed by atoms with E-state index in [1.54, 1.807) is 0 Å². The molecule has 0 bridgehead atoms. The SMILES string of the molecule is Cc1ccc(C)c(OC2CCN(C(=O)NCc3cccc(OC(C)C)c3)CC2)c1. The number of rotatable bonds is 6. The van der Waals surface area contributed by atoms with Crippen molar-refractivity contribution in [3.63, 3.8) is 0 Å². The first-order valence-corrected chi connectivity index (χ1v) is 10.4. The Hall–Kier alpha value is -2.69. The van der Waals surface area contributed by atoms with Crippen LogP contribution in [0.3, 0.4) is 0 Å². The maximum Gasteiger partial charge on any atom is 0.317 e. The second-order valence-corrected chi connectivity index (χ2v) is 8.05. The van der Waals surface area contributed by atoms with Gasteiger partial charge in [0.2, 0.25) is 0 Å². The summed E-state index contributed by atoms with van der Waals surface area (Å²) >= 11 is 0. The molecule has 0 aliphatic carbocycles. The second kappa shape index (κ2) is 9.68. The molecular formula is C24H32N2O3. The Morgan fingerprint density at radius 3 is 2.62 bits per heavy atom. The predicted molar refractivity (Wildman–Crippen MR) is 116 cm³/mol. The molecule has 5 heteroatoms. The van der Waals surface area contributed by atoms with Crippen LogP contribution >= 0.6 is 0 Å². The van der Waals surface area contributed by atoms with Crippen molar-refractivity contribution >= 4 is 6.03 Å². The molecular weight excluding hydrogens is 364 g/mol. The molecule has 0 aromatic heterocycles. The van der Waals surface area contributed by atoms with Crippen molar-refractivity contribution in [2.75, 3.05) is 13.1 Å². The first-order valence-electron chi connectivity index (χ1n) is 10.4. The zero-order chi connectivity index (χ0) is 20.8. The Balaban J connectivity index is 1.46. The topological polar surface area (TPSA) is 50.8 Å². The molecule has 0 spiro atoms. The number of ether oxygens (including phenoxy) is 2. The number of amides is 2. The van der Waals surface area contributed by atoms with Gasteiger partial charge in [0.1, 0.15) is 17.6 Å². The molecule has 1 aliphatic heterocycles. The number of hydrogen-bond donors (Lipinski definition) is 1. The van der Waals surface area contributed by atoms with Crippen LogP contribution in [0.2, 0.25) is 0 Å². The minimum Gasteiger partial charge on any atom is -0.491 e. The van der Waals surface area contributed by atoms with Gasteiger partial charge in [-0.2, -0.15) is 0 Å². The van der Waals surface area contributed by atoms with E-state index in [-0.39, 0.29) is 18.2 Å². The number of benzene rings is 2. The minimum atomic E-state index is -0.0228. The number of urea groups is 1. The average Bonchev–Trinajstić information content (AvgIpc) is 2.69. The van der Waals surface area contributed by atoms with Gasteiger partial charge in [0.15, 0.2) is 0 Å². The first kappa shape index (κ1) is 21.0. The maximum atomic E-state index is 12.5. The maximum absolute atomic E-state index is 12.5. The Labute approximate surface area is 174 Å². The van der Waals surface area contributed by atoms with Gasteiger partial charge in [0, 0.05) is 32.5 Å². The van der Waals surface area contributed by atoms with E-state index in [1.807, 2.05) is 43.0 Å². The van der Waals surface area contributed by atoms with E-state index >= 15 is 0 Å². The fourth-order valence-corrected chi connectivity index (χ4v) is 3.48. The van der Waals surface area contributed by atoms with Crippen molar-refractivity contribution in [3.8, 4) is 11.5 Å². The van der Waals surface area contributed by atoms with E-state index in [1.165, 1.54) is 5.56 Å². The number of nitrogens with one attached hydrogen (secondary N) is 1. The van der Waals surface area contributed by atoms with Crippen molar-refractivity contribution in [2.45, 2.75) is 59.3 Å². The lowest BCUT2D eigenvalue weighted by Crippen LogP contribution is -2.46. The van der Waals surface area contributed by atoms with Crippen LogP contribution in [0.15, 0.2) is 42.5 Å². The normalized spacial score (nSPS) is 14.7. The van der Waals surface area contributed by atoms with Gasteiger partial charge >= 0.3 is 6.03 Å². The van der Waals surface area contributed by atoms with Gasteiger partial charge in [-0.15, -0.1) is 0 Å². The standard InChI is InChI=1S/C24H32N2O3/c1-17(2)28-22-7-5-6-20(15-22)16-25-24(27)26-12-10-21(11-13-26)29-23-14-18(3)8-9-19(23)4/h5-9,14-15,17,21H,10-13,16H2,1-4H3,(H,25,27). The summed E-state index contributed by atoms with van der Waals surface area (Å²) in [5.74, 6) is 1.78. The Morgan fingerprint density at radius 2 is 1.90 bits per heavy atom. The Kier molecular flexibility index (Phi) is 7.02. The summed E-state index contributed by atoms with van der Waals surface area (Å²) in [6.07, 6.45) is 1.98. The van der Waals surface area contributed by atoms with E-state index in [9.17, 15) is 4.79 Å². The van der Waals surface area contributed by atoms with E-state index in [0.717, 1.165) is 35.5 Å². The highest BCUT2D eigenvalue weighted by Gasteiger charge is 2.24. The number of aryl methyl sites for hydroxylation is 2. The van der Waals surface area contributed by atoms with Gasteiger partial charge in [0.25, 0.3) is 0 Å². The molecule has 3 rings (SSSR count). The van der Waals surface area contributed by atoms with Crippen molar-refractivity contribution in [3.05, 3.63) is 59.2 Å². The lowest BCUT2D eigenvalue weighted by molar-refractivity contribution is 0.110. The molecule has 2 amide bonds. The van der Waals surface area contributed by atoms with Gasteiger partial charge in [-0.05, 0) is 62.6 Å². The van der Waals surface area contributed by atoms with Gasteiger partial charge in [-0.1, -0.05) is 24.3 Å². The summed E-state index contributed by atoms with van der Waals surface area (Å²) in [4.78, 5) is 14.4. The Bertz CT molecular complexity index is 827. The third kappa shape index (κ3) is 6.14. The molecule has 5 nitrogen and oxygen atoms in total. The molecule has 0 saturated carbocycles. The van der Waals surface area contributed by atoms with Gasteiger partial charge < -0.3 is 19.7 Å². The summed E-state index contributed by atoms with van der Waals surface area (Å²) in [6.45, 7) is 10.1. The molecule has 1 N–H and O–H groups in total. The summed E-state index contributed by atoms with van der Waals surface area (Å²) in [7, 11) is 0. The van der Waals surface area contributed by atoms with Gasteiger partial charge in [-0.25, -0.2) is 4.79 Å². The number of piperidine rings is 1. The van der Waals surface area contributed by atoms with Gasteiger partial charge in [0.05, 0.1) is 6.10 Å². The van der Waals surface area contributed by atoms with E-state index in [2.05, 4.69) is 37.4 Å². The Morgan fingerprint density at radius 1 is 1.14 bits per heavy atom. The third-order valence-electron chi connectivity index (χ3n) is 5.08. The highest BCUT2D eigenvalue weighted by Crippen LogP contribution is 2.24. The molecule has 2 aromatic rings. The largest absolute Gasteiger partial charge is 0.491 e. The fraction of sp³-hybridized carbons (Fsp3) is 0.458. The van der Waals surface area contributed by atoms with E-state index in [4.69, 9.17) is 9.47 Å².